The summed E-state index contributed by atoms with van der Waals surface area (Å²) in [6, 6.07) is 0. The SMILES string of the molecule is CC[P+](CC)(CC)CC.O=C(O)CC(O)(CC(=O)O)C(=O)O. The van der Waals surface area contributed by atoms with Gasteiger partial charge >= 0.3 is 17.9 Å². The number of carboxylic acids is 3. The minimum Gasteiger partial charge on any atom is -0.481 e. The Balaban J connectivity index is 0. The Morgan fingerprint density at radius 1 is 0.773 bits per heavy atom. The molecular formula is C14H28O7P+. The largest absolute Gasteiger partial charge is 0.481 e. The molecular weight excluding hydrogens is 311 g/mol. The van der Waals surface area contributed by atoms with Crippen LogP contribution in [0.5, 0.6) is 0 Å². The molecule has 0 heterocycles. The first kappa shape index (κ1) is 23.1. The fourth-order valence-corrected chi connectivity index (χ4v) is 4.74. The molecule has 0 atom stereocenters. The van der Waals surface area contributed by atoms with Crippen LogP contribution in [0.3, 0.4) is 0 Å². The summed E-state index contributed by atoms with van der Waals surface area (Å²) in [6.45, 7) is 9.41. The first-order valence-electron chi connectivity index (χ1n) is 7.26. The van der Waals surface area contributed by atoms with Gasteiger partial charge in [0.2, 0.25) is 0 Å². The van der Waals surface area contributed by atoms with E-state index in [-0.39, 0.29) is 0 Å². The van der Waals surface area contributed by atoms with Crippen LogP contribution in [0.25, 0.3) is 0 Å². The molecule has 0 aromatic carbocycles. The van der Waals surface area contributed by atoms with Gasteiger partial charge in [0.15, 0.2) is 5.60 Å². The molecule has 7 nitrogen and oxygen atoms in total. The number of rotatable bonds is 9. The molecule has 0 unspecified atom stereocenters. The number of carbonyl (C=O) groups is 3. The molecule has 0 aliphatic heterocycles. The number of hydrogen-bond donors (Lipinski definition) is 4. The summed E-state index contributed by atoms with van der Waals surface area (Å²) in [5.41, 5.74) is -2.74. The summed E-state index contributed by atoms with van der Waals surface area (Å²) in [5.74, 6) is -5.02. The van der Waals surface area contributed by atoms with Crippen LogP contribution in [0.15, 0.2) is 0 Å². The highest BCUT2D eigenvalue weighted by Crippen LogP contribution is 2.57. The van der Waals surface area contributed by atoms with Crippen molar-refractivity contribution in [1.82, 2.24) is 0 Å². The van der Waals surface area contributed by atoms with Crippen molar-refractivity contribution in [3.63, 3.8) is 0 Å². The van der Waals surface area contributed by atoms with E-state index < -0.39 is 43.6 Å². The Hall–Kier alpha value is -1.20. The molecule has 4 N–H and O–H groups in total. The van der Waals surface area contributed by atoms with E-state index in [1.165, 1.54) is 24.6 Å². The van der Waals surface area contributed by atoms with Gasteiger partial charge in [-0.1, -0.05) is 0 Å². The van der Waals surface area contributed by atoms with Crippen molar-refractivity contribution in [2.24, 2.45) is 0 Å². The summed E-state index contributed by atoms with van der Waals surface area (Å²) in [5, 5.41) is 33.8. The predicted octanol–water partition coefficient (Wildman–Crippen LogP) is 1.84. The van der Waals surface area contributed by atoms with Crippen LogP contribution in [-0.2, 0) is 14.4 Å². The standard InChI is InChI=1S/C8H20P.C6H8O7/c1-5-9(6-2,7-3)8-4;7-3(8)1-6(13,5(11)12)2-4(9)10/h5-8H2,1-4H3;13H,1-2H2,(H,7,8)(H,9,10)(H,11,12)/q+1;. The second-order valence-electron chi connectivity index (χ2n) is 5.08. The maximum absolute atomic E-state index is 10.3. The lowest BCUT2D eigenvalue weighted by Gasteiger charge is -2.20. The fourth-order valence-electron chi connectivity index (χ4n) is 2.06. The number of hydrogen-bond acceptors (Lipinski definition) is 4. The monoisotopic (exact) mass is 339 g/mol. The molecule has 0 radical (unpaired) electrons. The van der Waals surface area contributed by atoms with Crippen LogP contribution in [0.2, 0.25) is 0 Å². The second kappa shape index (κ2) is 10.5. The van der Waals surface area contributed by atoms with Gasteiger partial charge in [-0.15, -0.1) is 0 Å². The Morgan fingerprint density at radius 2 is 1.05 bits per heavy atom. The first-order chi connectivity index (χ1) is 10.0. The Morgan fingerprint density at radius 3 is 1.14 bits per heavy atom. The Kier molecular flexibility index (Phi) is 11.0. The molecule has 22 heavy (non-hydrogen) atoms. The van der Waals surface area contributed by atoms with E-state index in [2.05, 4.69) is 27.7 Å². The van der Waals surface area contributed by atoms with Crippen molar-refractivity contribution in [1.29, 1.82) is 0 Å². The summed E-state index contributed by atoms with van der Waals surface area (Å²) in [7, 11) is -0.420. The van der Waals surface area contributed by atoms with E-state index in [0.29, 0.717) is 0 Å². The van der Waals surface area contributed by atoms with Crippen LogP contribution in [0, 0.1) is 0 Å². The lowest BCUT2D eigenvalue weighted by molar-refractivity contribution is -0.170. The molecule has 0 spiro atoms. The van der Waals surface area contributed by atoms with E-state index in [9.17, 15) is 14.4 Å². The van der Waals surface area contributed by atoms with Crippen LogP contribution >= 0.6 is 7.26 Å². The number of carboxylic acid groups (broad SMARTS) is 3. The third kappa shape index (κ3) is 8.29. The van der Waals surface area contributed by atoms with Gasteiger partial charge in [-0.3, -0.25) is 9.59 Å². The lowest BCUT2D eigenvalue weighted by atomic mass is 9.96. The van der Waals surface area contributed by atoms with Gasteiger partial charge in [-0.05, 0) is 27.7 Å². The summed E-state index contributed by atoms with van der Waals surface area (Å²) in [4.78, 5) is 30.5. The van der Waals surface area contributed by atoms with Crippen molar-refractivity contribution in [3.8, 4) is 0 Å². The third-order valence-corrected chi connectivity index (χ3v) is 9.34. The van der Waals surface area contributed by atoms with Gasteiger partial charge in [-0.2, -0.15) is 0 Å². The van der Waals surface area contributed by atoms with Gasteiger partial charge in [0.05, 0.1) is 37.5 Å². The molecule has 0 aliphatic carbocycles. The smallest absolute Gasteiger partial charge is 0.336 e. The average molecular weight is 339 g/mol. The molecule has 130 valence electrons. The van der Waals surface area contributed by atoms with Gasteiger partial charge in [0.25, 0.3) is 0 Å². The Bertz CT molecular complexity index is 344. The minimum absolute atomic E-state index is 0.420. The minimum atomic E-state index is -2.74. The Labute approximate surface area is 131 Å². The van der Waals surface area contributed by atoms with Crippen molar-refractivity contribution in [3.05, 3.63) is 0 Å². The third-order valence-electron chi connectivity index (χ3n) is 3.97. The van der Waals surface area contributed by atoms with Crippen molar-refractivity contribution in [2.75, 3.05) is 24.6 Å². The fraction of sp³-hybridized carbons (Fsp3) is 0.786. The maximum Gasteiger partial charge on any atom is 0.336 e. The molecule has 0 saturated carbocycles. The molecule has 0 aliphatic rings. The normalized spacial score (nSPS) is 11.3. The van der Waals surface area contributed by atoms with Gasteiger partial charge in [0.1, 0.15) is 0 Å². The number of aliphatic carboxylic acids is 3. The molecule has 0 rings (SSSR count). The summed E-state index contributed by atoms with van der Waals surface area (Å²) in [6.07, 6.45) is 3.53. The number of aliphatic hydroxyl groups is 1. The van der Waals surface area contributed by atoms with Gasteiger partial charge < -0.3 is 20.4 Å². The molecule has 0 amide bonds. The highest BCUT2D eigenvalue weighted by atomic mass is 31.2. The molecule has 0 saturated heterocycles. The van der Waals surface area contributed by atoms with Crippen LogP contribution in [0.4, 0.5) is 0 Å². The lowest BCUT2D eigenvalue weighted by Crippen LogP contribution is -2.42. The zero-order valence-electron chi connectivity index (χ0n) is 13.7. The molecule has 0 aromatic heterocycles. The van der Waals surface area contributed by atoms with Crippen LogP contribution < -0.4 is 0 Å². The van der Waals surface area contributed by atoms with E-state index in [0.717, 1.165) is 0 Å². The maximum atomic E-state index is 10.3. The molecule has 0 fully saturated rings. The van der Waals surface area contributed by atoms with Crippen molar-refractivity contribution < 1.29 is 34.8 Å². The highest BCUT2D eigenvalue weighted by Gasteiger charge is 2.40. The zero-order valence-corrected chi connectivity index (χ0v) is 14.6. The van der Waals surface area contributed by atoms with E-state index in [1.54, 1.807) is 0 Å². The first-order valence-corrected chi connectivity index (χ1v) is 9.79. The quantitative estimate of drug-likeness (QED) is 0.471. The zero-order chi connectivity index (χ0) is 18.0. The van der Waals surface area contributed by atoms with E-state index in [1.807, 2.05) is 0 Å². The van der Waals surface area contributed by atoms with Crippen LogP contribution in [-0.4, -0.2) is 68.6 Å². The van der Waals surface area contributed by atoms with E-state index >= 15 is 0 Å². The average Bonchev–Trinajstić information content (AvgIpc) is 2.40. The second-order valence-corrected chi connectivity index (χ2v) is 10.3. The molecule has 8 heteroatoms. The van der Waals surface area contributed by atoms with Crippen molar-refractivity contribution >= 4 is 25.2 Å². The predicted molar refractivity (Wildman–Crippen MR) is 86.2 cm³/mol. The highest BCUT2D eigenvalue weighted by molar-refractivity contribution is 7.75. The van der Waals surface area contributed by atoms with Crippen molar-refractivity contribution in [2.45, 2.75) is 46.1 Å². The van der Waals surface area contributed by atoms with E-state index in [4.69, 9.17) is 20.4 Å². The topological polar surface area (TPSA) is 132 Å². The van der Waals surface area contributed by atoms with Gasteiger partial charge in [0, 0.05) is 7.26 Å². The molecule has 0 aromatic rings. The summed E-state index contributed by atoms with van der Waals surface area (Å²) < 4.78 is 0. The summed E-state index contributed by atoms with van der Waals surface area (Å²) >= 11 is 0. The van der Waals surface area contributed by atoms with Gasteiger partial charge in [-0.25, -0.2) is 4.79 Å². The van der Waals surface area contributed by atoms with Crippen LogP contribution in [0.1, 0.15) is 40.5 Å². The molecule has 0 bridgehead atoms.